The first kappa shape index (κ1) is 18.2. The van der Waals surface area contributed by atoms with Crippen molar-refractivity contribution in [2.75, 3.05) is 24.5 Å². The lowest BCUT2D eigenvalue weighted by atomic mass is 9.92. The monoisotopic (exact) mass is 380 g/mol. The Kier molecular flexibility index (Phi) is 4.75. The summed E-state index contributed by atoms with van der Waals surface area (Å²) >= 11 is 0. The molecule has 0 saturated carbocycles. The zero-order valence-electron chi connectivity index (χ0n) is 14.7. The fourth-order valence-electron chi connectivity index (χ4n) is 4.31. The summed E-state index contributed by atoms with van der Waals surface area (Å²) < 4.78 is 53.9. The van der Waals surface area contributed by atoms with Crippen LogP contribution in [0.2, 0.25) is 0 Å². The molecule has 2 aromatic rings. The fourth-order valence-corrected chi connectivity index (χ4v) is 4.31. The van der Waals surface area contributed by atoms with Crippen LogP contribution in [0.4, 0.5) is 23.4 Å². The predicted octanol–water partition coefficient (Wildman–Crippen LogP) is 3.74. The van der Waals surface area contributed by atoms with E-state index in [0.717, 1.165) is 31.6 Å². The number of fused-ring (bicyclic) bond motifs is 1. The van der Waals surface area contributed by atoms with Gasteiger partial charge < -0.3 is 4.90 Å². The summed E-state index contributed by atoms with van der Waals surface area (Å²) in [6.45, 7) is 2.26. The fraction of sp³-hybridized carbons (Fsp3) is 0.474. The maximum atomic E-state index is 14.0. The SMILES string of the molecule is Fc1cncnc1N1CCC2CCN(Cc3ccccc3C(F)(F)F)C2C1. The number of alkyl halides is 3. The molecule has 0 spiro atoms. The van der Waals surface area contributed by atoms with Crippen molar-refractivity contribution in [1.29, 1.82) is 0 Å². The van der Waals surface area contributed by atoms with E-state index in [-0.39, 0.29) is 24.0 Å². The van der Waals surface area contributed by atoms with Gasteiger partial charge in [-0.25, -0.2) is 14.4 Å². The Morgan fingerprint density at radius 3 is 2.67 bits per heavy atom. The summed E-state index contributed by atoms with van der Waals surface area (Å²) in [6.07, 6.45) is -0.0697. The molecule has 2 unspecified atom stereocenters. The first-order chi connectivity index (χ1) is 12.9. The number of hydrogen-bond donors (Lipinski definition) is 0. The van der Waals surface area contributed by atoms with Gasteiger partial charge in [0.25, 0.3) is 0 Å². The van der Waals surface area contributed by atoms with Gasteiger partial charge in [0.2, 0.25) is 0 Å². The molecule has 0 bridgehead atoms. The van der Waals surface area contributed by atoms with Crippen molar-refractivity contribution in [3.05, 3.63) is 53.7 Å². The molecule has 2 aliphatic heterocycles. The van der Waals surface area contributed by atoms with E-state index in [1.807, 2.05) is 4.90 Å². The van der Waals surface area contributed by atoms with E-state index < -0.39 is 17.6 Å². The third-order valence-electron chi connectivity index (χ3n) is 5.62. The lowest BCUT2D eigenvalue weighted by Gasteiger charge is -2.39. The number of halogens is 4. The second-order valence-corrected chi connectivity index (χ2v) is 7.17. The molecule has 4 rings (SSSR count). The van der Waals surface area contributed by atoms with Crippen LogP contribution in [-0.4, -0.2) is 40.5 Å². The maximum absolute atomic E-state index is 14.0. The third-order valence-corrected chi connectivity index (χ3v) is 5.62. The zero-order chi connectivity index (χ0) is 19.0. The standard InChI is InChI=1S/C19H20F4N4/c20-16-9-24-12-25-18(16)27-8-6-13-5-7-26(17(13)11-27)10-14-3-1-2-4-15(14)19(21,22)23/h1-4,9,12-13,17H,5-8,10-11H2. The number of likely N-dealkylation sites (tertiary alicyclic amines) is 1. The zero-order valence-corrected chi connectivity index (χ0v) is 14.7. The first-order valence-electron chi connectivity index (χ1n) is 9.03. The van der Waals surface area contributed by atoms with Gasteiger partial charge in [0, 0.05) is 25.7 Å². The van der Waals surface area contributed by atoms with E-state index >= 15 is 0 Å². The molecule has 0 amide bonds. The molecule has 2 aliphatic rings. The molecule has 0 N–H and O–H groups in total. The summed E-state index contributed by atoms with van der Waals surface area (Å²) in [7, 11) is 0. The van der Waals surface area contributed by atoms with Gasteiger partial charge in [0.15, 0.2) is 11.6 Å². The van der Waals surface area contributed by atoms with Crippen LogP contribution in [0.5, 0.6) is 0 Å². The first-order valence-corrected chi connectivity index (χ1v) is 9.03. The molecule has 4 nitrogen and oxygen atoms in total. The molecule has 27 heavy (non-hydrogen) atoms. The maximum Gasteiger partial charge on any atom is 0.416 e. The van der Waals surface area contributed by atoms with Crippen LogP contribution >= 0.6 is 0 Å². The Morgan fingerprint density at radius 2 is 1.89 bits per heavy atom. The van der Waals surface area contributed by atoms with Crippen LogP contribution in [0.25, 0.3) is 0 Å². The second kappa shape index (κ2) is 7.07. The molecule has 0 radical (unpaired) electrons. The van der Waals surface area contributed by atoms with Crippen molar-refractivity contribution in [2.45, 2.75) is 31.6 Å². The van der Waals surface area contributed by atoms with Crippen LogP contribution in [0, 0.1) is 11.7 Å². The number of nitrogens with zero attached hydrogens (tertiary/aromatic N) is 4. The van der Waals surface area contributed by atoms with Crippen LogP contribution in [0.1, 0.15) is 24.0 Å². The molecule has 8 heteroatoms. The second-order valence-electron chi connectivity index (χ2n) is 7.17. The normalized spacial score (nSPS) is 23.5. The summed E-state index contributed by atoms with van der Waals surface area (Å²) in [5, 5.41) is 0. The van der Waals surface area contributed by atoms with E-state index in [4.69, 9.17) is 0 Å². The third kappa shape index (κ3) is 3.63. The quantitative estimate of drug-likeness (QED) is 0.760. The van der Waals surface area contributed by atoms with E-state index in [1.165, 1.54) is 12.4 Å². The highest BCUT2D eigenvalue weighted by molar-refractivity contribution is 5.39. The highest BCUT2D eigenvalue weighted by Crippen LogP contribution is 2.37. The van der Waals surface area contributed by atoms with Crippen LogP contribution < -0.4 is 4.90 Å². The Morgan fingerprint density at radius 1 is 1.11 bits per heavy atom. The van der Waals surface area contributed by atoms with Crippen LogP contribution in [0.3, 0.4) is 0 Å². The molecule has 1 aromatic carbocycles. The molecule has 144 valence electrons. The lowest BCUT2D eigenvalue weighted by Crippen LogP contribution is -2.48. The molecule has 3 heterocycles. The topological polar surface area (TPSA) is 32.3 Å². The van der Waals surface area contributed by atoms with Crippen molar-refractivity contribution >= 4 is 5.82 Å². The highest BCUT2D eigenvalue weighted by Gasteiger charge is 2.40. The van der Waals surface area contributed by atoms with Gasteiger partial charge in [0.1, 0.15) is 6.33 Å². The minimum atomic E-state index is -4.36. The Labute approximate surface area is 154 Å². The number of rotatable bonds is 3. The van der Waals surface area contributed by atoms with Crippen molar-refractivity contribution in [3.63, 3.8) is 0 Å². The molecule has 2 saturated heterocycles. The van der Waals surface area contributed by atoms with Crippen LogP contribution in [-0.2, 0) is 12.7 Å². The average molecular weight is 380 g/mol. The Bertz CT molecular complexity index is 810. The molecular formula is C19H20F4N4. The van der Waals surface area contributed by atoms with Crippen LogP contribution in [0.15, 0.2) is 36.8 Å². The van der Waals surface area contributed by atoms with Gasteiger partial charge >= 0.3 is 6.18 Å². The Balaban J connectivity index is 1.54. The van der Waals surface area contributed by atoms with E-state index in [2.05, 4.69) is 14.9 Å². The van der Waals surface area contributed by atoms with E-state index in [9.17, 15) is 17.6 Å². The lowest BCUT2D eigenvalue weighted by molar-refractivity contribution is -0.138. The van der Waals surface area contributed by atoms with Crippen molar-refractivity contribution in [3.8, 4) is 0 Å². The summed E-state index contributed by atoms with van der Waals surface area (Å²) in [6, 6.07) is 5.82. The van der Waals surface area contributed by atoms with E-state index in [0.29, 0.717) is 19.0 Å². The average Bonchev–Trinajstić information content (AvgIpc) is 3.04. The highest BCUT2D eigenvalue weighted by atomic mass is 19.4. The number of hydrogen-bond acceptors (Lipinski definition) is 4. The van der Waals surface area contributed by atoms with E-state index in [1.54, 1.807) is 12.1 Å². The van der Waals surface area contributed by atoms with Gasteiger partial charge in [-0.1, -0.05) is 18.2 Å². The molecule has 2 fully saturated rings. The minimum Gasteiger partial charge on any atom is -0.352 e. The van der Waals surface area contributed by atoms with Crippen molar-refractivity contribution in [2.24, 2.45) is 5.92 Å². The van der Waals surface area contributed by atoms with Crippen molar-refractivity contribution in [1.82, 2.24) is 14.9 Å². The van der Waals surface area contributed by atoms with Gasteiger partial charge in [-0.2, -0.15) is 13.2 Å². The molecule has 2 atom stereocenters. The summed E-state index contributed by atoms with van der Waals surface area (Å²) in [5.74, 6) is 0.220. The van der Waals surface area contributed by atoms with Crippen molar-refractivity contribution < 1.29 is 17.6 Å². The van der Waals surface area contributed by atoms with Gasteiger partial charge in [-0.3, -0.25) is 4.90 Å². The summed E-state index contributed by atoms with van der Waals surface area (Å²) in [4.78, 5) is 11.7. The van der Waals surface area contributed by atoms with Gasteiger partial charge in [-0.15, -0.1) is 0 Å². The molecule has 0 aliphatic carbocycles. The number of benzene rings is 1. The summed E-state index contributed by atoms with van der Waals surface area (Å²) in [5.41, 5.74) is -0.293. The smallest absolute Gasteiger partial charge is 0.352 e. The molecule has 1 aromatic heterocycles. The predicted molar refractivity (Wildman–Crippen MR) is 92.6 cm³/mol. The largest absolute Gasteiger partial charge is 0.416 e. The number of anilines is 1. The number of aromatic nitrogens is 2. The minimum absolute atomic E-state index is 0.0920. The number of piperidine rings is 1. The Hall–Kier alpha value is -2.22. The molecular weight excluding hydrogens is 360 g/mol. The van der Waals surface area contributed by atoms with Gasteiger partial charge in [-0.05, 0) is 36.9 Å². The van der Waals surface area contributed by atoms with Gasteiger partial charge in [0.05, 0.1) is 11.8 Å².